The Morgan fingerprint density at radius 2 is 0.533 bits per heavy atom. The van der Waals surface area contributed by atoms with Gasteiger partial charge in [0.05, 0.1) is 0 Å². The van der Waals surface area contributed by atoms with Crippen molar-refractivity contribution in [3.8, 4) is 32.8 Å². The van der Waals surface area contributed by atoms with Gasteiger partial charge < -0.3 is 0 Å². The van der Waals surface area contributed by atoms with Gasteiger partial charge in [-0.3, -0.25) is 0 Å². The first kappa shape index (κ1) is 103. The summed E-state index contributed by atoms with van der Waals surface area (Å²) in [6, 6.07) is 14.3. The minimum atomic E-state index is -2.37. The molecule has 0 atom stereocenters. The summed E-state index contributed by atoms with van der Waals surface area (Å²) in [6.45, 7) is 12.3. The van der Waals surface area contributed by atoms with Crippen LogP contribution >= 0.6 is 79.4 Å². The molecule has 0 saturated carbocycles. The van der Waals surface area contributed by atoms with Gasteiger partial charge in [0.2, 0.25) is 0 Å². The Morgan fingerprint density at radius 3 is 0.743 bits per heavy atom. The second-order valence-corrected chi connectivity index (χ2v) is 233. The summed E-state index contributed by atoms with van der Waals surface area (Å²) >= 11 is -9.88. The van der Waals surface area contributed by atoms with Crippen LogP contribution in [0.5, 0.6) is 23.0 Å². The second-order valence-electron chi connectivity index (χ2n) is 41.5. The maximum atomic E-state index is 12.4. The predicted octanol–water partition coefficient (Wildman–Crippen LogP) is 20.6. The molecule has 0 N–H and O–H groups in total. The minimum absolute atomic E-state index is 0. The zero-order chi connectivity index (χ0) is 80.2. The summed E-state index contributed by atoms with van der Waals surface area (Å²) in [6.07, 6.45) is 2.25. The van der Waals surface area contributed by atoms with E-state index in [1.54, 1.807) is 52.7 Å². The normalized spacial score (nSPS) is 15.2. The number of carbonyl (C=O) groups excluding carboxylic acids is 2. The van der Waals surface area contributed by atoms with Crippen LogP contribution in [-0.4, -0.2) is 271 Å². The fourth-order valence-corrected chi connectivity index (χ4v) is 105. The molecule has 0 unspecified atom stereocenters. The molecule has 0 fully saturated rings. The molecular weight excluding hydrogens is 2710 g/mol. The average molecular weight is 2850 g/mol. The number of nitrogens with zero attached hydrogens (tertiary/aromatic N) is 1. The molecule has 592 valence electrons. The summed E-state index contributed by atoms with van der Waals surface area (Å²) in [4.78, 5) is 118. The van der Waals surface area contributed by atoms with Crippen LogP contribution in [0.3, 0.4) is 0 Å². The number of carbonyl (C=O) groups is 2. The number of imide groups is 1. The van der Waals surface area contributed by atoms with Gasteiger partial charge in [-0.15, -0.1) is 0 Å². The molecule has 3 aliphatic rings. The van der Waals surface area contributed by atoms with Crippen molar-refractivity contribution in [3.63, 3.8) is 0 Å². The molecule has 105 heavy (non-hydrogen) atoms. The van der Waals surface area contributed by atoms with E-state index in [0.717, 1.165) is 73.4 Å². The van der Waals surface area contributed by atoms with E-state index in [4.69, 9.17) is 18.9 Å². The van der Waals surface area contributed by atoms with Crippen LogP contribution in [0.2, 0.25) is 178 Å². The molecule has 0 spiro atoms. The number of fused-ring (bicyclic) bond motifs is 3. The van der Waals surface area contributed by atoms with Gasteiger partial charge in [0.15, 0.2) is 0 Å². The number of ether oxygens (including phenoxy) is 4. The monoisotopic (exact) mass is 2870 g/mol. The molecular formula is C79H145NO6S7Sn12. The number of hydrogen-bond donors (Lipinski definition) is 0. The van der Waals surface area contributed by atoms with Gasteiger partial charge in [-0.05, 0) is 0 Å². The van der Waals surface area contributed by atoms with Crippen molar-refractivity contribution in [2.45, 2.75) is 226 Å². The van der Waals surface area contributed by atoms with Crippen molar-refractivity contribution in [2.75, 3.05) is 33.5 Å². The zero-order valence-electron chi connectivity index (χ0n) is 73.0. The molecule has 0 bridgehead atoms. The molecule has 7 nitrogen and oxygen atoms in total. The first-order valence-corrected chi connectivity index (χ1v) is 164. The third kappa shape index (κ3) is 27.9. The molecule has 10 rings (SSSR count). The van der Waals surface area contributed by atoms with Gasteiger partial charge in [0.25, 0.3) is 0 Å². The molecule has 2 amide bonds. The summed E-state index contributed by atoms with van der Waals surface area (Å²) in [5.74, 6) is 4.43. The molecule has 7 aromatic rings. The fraction of sp³-hybridized carbons (Fsp3) is 0.620. The van der Waals surface area contributed by atoms with Gasteiger partial charge in [-0.25, -0.2) is 0 Å². The van der Waals surface area contributed by atoms with Gasteiger partial charge >= 0.3 is 729 Å². The van der Waals surface area contributed by atoms with Crippen LogP contribution in [0.1, 0.15) is 66.0 Å². The van der Waals surface area contributed by atoms with Crippen molar-refractivity contribution < 1.29 is 28.5 Å². The zero-order valence-corrected chi connectivity index (χ0v) is 113. The predicted molar refractivity (Wildman–Crippen MR) is 523 cm³/mol. The molecule has 3 aliphatic heterocycles. The van der Waals surface area contributed by atoms with Crippen LogP contribution in [0.4, 0.5) is 0 Å². The van der Waals surface area contributed by atoms with Crippen LogP contribution in [0, 0.1) is 19.3 Å². The number of hydrogen-bond acceptors (Lipinski definition) is 13. The summed E-state index contributed by atoms with van der Waals surface area (Å²) in [7, 11) is 1.61. The summed E-state index contributed by atoms with van der Waals surface area (Å²) in [5, 5.41) is 0. The quantitative estimate of drug-likeness (QED) is 0.0752. The standard InChI is InChI=1S/C11H14O2S.C8H4S2.C7H3NO2S.C6H4O2S.C6H6S.C4H2S.CH4.36CH3.12Sn/c1-3-11(4-2)7-12-9-5-14-6-10(9)13-8-11;1-3-7(9-5-1)8-4-2-6-10-8;1-8-6(9)4-2-11-3-5(4)7(8)10;1-2-8-6-4-9-3-5(6)7-1;1-5-3-7-4-6(5)2;1-2-4-5-3-1;;;;;;;;;;;;;;;;;;;;;;;;;;;;;;;;;;;;;;;;;;;;;;;;;/h3-4,7-8H2,1-2H3;1-4H;1H3;1-2H2;1-2H3;1-2H;1H4;36*1H3;;;;;;;;;;;;. The van der Waals surface area contributed by atoms with E-state index in [-0.39, 0.29) is 24.7 Å². The SMILES string of the molecule is C.CCC1(CC)COc2[c]([Sn]([CH3])([CH3])[CH3])s[c]([Sn]([CH3])([CH3])[CH3])c2OC1.CN1C(=O)c2[c]([Sn]([CH3])([CH3])[CH3])s[c]([Sn]([CH3])([CH3])[CH3])c2C1=O.Cc1[c]([Sn]([CH3])([CH3])[CH3])s[c]([Sn]([CH3])([CH3])[CH3])c1C.[CH3][Sn]([CH3])([CH3])[c]1cc[c]([Sn]([CH3])([CH3])[CH3])s1.[CH3][Sn]([CH3])([CH3])[c]1ccc(-c2cc[c]([Sn]([CH3])([CH3])[CH3])s2)s1.[CH3][Sn]([CH3])([CH3])[c]1s[c]([Sn]([CH3])([CH3])[CH3])c2c1OCCO2. The molecule has 7 aromatic heterocycles. The van der Waals surface area contributed by atoms with E-state index in [1.165, 1.54) is 20.4 Å². The van der Waals surface area contributed by atoms with E-state index in [0.29, 0.717) is 0 Å². The Hall–Kier alpha value is 5.82. The third-order valence-electron chi connectivity index (χ3n) is 18.6. The van der Waals surface area contributed by atoms with E-state index in [1.807, 2.05) is 39.8 Å². The Bertz CT molecular complexity index is 3830. The van der Waals surface area contributed by atoms with Crippen molar-refractivity contribution >= 4 is 346 Å². The first-order chi connectivity index (χ1) is 46.6. The molecule has 0 aromatic carbocycles. The number of thiophene rings is 7. The number of amides is 2. The van der Waals surface area contributed by atoms with E-state index in [2.05, 4.69) is 276 Å². The summed E-state index contributed by atoms with van der Waals surface area (Å²) in [5.41, 5.74) is 5.03. The molecule has 0 radical (unpaired) electrons. The molecule has 0 saturated heterocycles. The van der Waals surface area contributed by atoms with E-state index < -0.39 is 221 Å². The van der Waals surface area contributed by atoms with Crippen LogP contribution < -0.4 is 53.7 Å². The van der Waals surface area contributed by atoms with Crippen molar-refractivity contribution in [1.29, 1.82) is 0 Å². The maximum absolute atomic E-state index is 12.4. The van der Waals surface area contributed by atoms with Crippen LogP contribution in [0.25, 0.3) is 9.75 Å². The third-order valence-corrected chi connectivity index (χ3v) is 141. The Morgan fingerprint density at radius 1 is 0.314 bits per heavy atom. The van der Waals surface area contributed by atoms with Crippen molar-refractivity contribution in [2.24, 2.45) is 5.41 Å². The van der Waals surface area contributed by atoms with E-state index >= 15 is 0 Å². The van der Waals surface area contributed by atoms with Crippen molar-refractivity contribution in [1.82, 2.24) is 4.90 Å². The van der Waals surface area contributed by atoms with Gasteiger partial charge in [-0.1, -0.05) is 7.43 Å². The molecule has 10 heterocycles. The molecule has 26 heteroatoms. The van der Waals surface area contributed by atoms with Gasteiger partial charge in [0.1, 0.15) is 0 Å². The Balaban J connectivity index is 0.000000268. The fourth-order valence-electron chi connectivity index (χ4n) is 12.0. The summed E-state index contributed by atoms with van der Waals surface area (Å²) < 4.78 is 44.1. The first-order valence-electron chi connectivity index (χ1n) is 37.9. The van der Waals surface area contributed by atoms with Crippen molar-refractivity contribution in [3.05, 3.63) is 58.7 Å². The van der Waals surface area contributed by atoms with Crippen LogP contribution in [-0.2, 0) is 0 Å². The average Bonchev–Trinajstić information content (AvgIpc) is 1.56. The topological polar surface area (TPSA) is 74.3 Å². The van der Waals surface area contributed by atoms with Gasteiger partial charge in [0, 0.05) is 0 Å². The Labute approximate surface area is 721 Å². The van der Waals surface area contributed by atoms with E-state index in [9.17, 15) is 9.59 Å². The number of rotatable bonds is 15. The Kier molecular flexibility index (Phi) is 38.7. The molecule has 0 aliphatic carbocycles. The van der Waals surface area contributed by atoms with Crippen LogP contribution in [0.15, 0.2) is 36.4 Å². The second kappa shape index (κ2) is 39.3. The van der Waals surface area contributed by atoms with Gasteiger partial charge in [-0.2, -0.15) is 0 Å².